The number of carbonyl (C=O) groups excluding carboxylic acids is 2. The van der Waals surface area contributed by atoms with Crippen molar-refractivity contribution in [2.45, 2.75) is 65.3 Å². The maximum Gasteiger partial charge on any atom is 0.247 e. The van der Waals surface area contributed by atoms with Crippen LogP contribution in [-0.2, 0) is 9.59 Å². The molecule has 1 amide bonds. The third-order valence-electron chi connectivity index (χ3n) is 5.84. The molecule has 1 aliphatic carbocycles. The summed E-state index contributed by atoms with van der Waals surface area (Å²) in [6.45, 7) is 7.26. The van der Waals surface area contributed by atoms with E-state index in [4.69, 9.17) is 0 Å². The third kappa shape index (κ3) is 5.12. The number of hydrogen-bond donors (Lipinski definition) is 2. The van der Waals surface area contributed by atoms with Gasteiger partial charge in [0.15, 0.2) is 5.78 Å². The first kappa shape index (κ1) is 21.7. The average Bonchev–Trinajstić information content (AvgIpc) is 2.72. The van der Waals surface area contributed by atoms with Crippen molar-refractivity contribution >= 4 is 28.4 Å². The fourth-order valence-corrected chi connectivity index (χ4v) is 3.79. The van der Waals surface area contributed by atoms with E-state index in [2.05, 4.69) is 27.5 Å². The molecule has 6 nitrogen and oxygen atoms in total. The number of aromatic nitrogens is 2. The van der Waals surface area contributed by atoms with E-state index < -0.39 is 0 Å². The van der Waals surface area contributed by atoms with Crippen LogP contribution in [0, 0.1) is 0 Å². The van der Waals surface area contributed by atoms with Gasteiger partial charge in [0.25, 0.3) is 0 Å². The summed E-state index contributed by atoms with van der Waals surface area (Å²) in [5.41, 5.74) is 2.37. The Morgan fingerprint density at radius 1 is 1.03 bits per heavy atom. The fourth-order valence-electron chi connectivity index (χ4n) is 3.79. The van der Waals surface area contributed by atoms with Crippen molar-refractivity contribution in [3.63, 3.8) is 0 Å². The predicted octanol–water partition coefficient (Wildman–Crippen LogP) is 4.69. The number of Topliss-reactive ketones (excluding diaryl/α,β-unsaturated/α-hetero) is 1. The molecule has 1 fully saturated rings. The van der Waals surface area contributed by atoms with Gasteiger partial charge in [-0.15, -0.1) is 0 Å². The van der Waals surface area contributed by atoms with Crippen LogP contribution in [0.15, 0.2) is 53.5 Å². The number of benzene rings is 1. The van der Waals surface area contributed by atoms with Crippen LogP contribution < -0.4 is 10.6 Å². The summed E-state index contributed by atoms with van der Waals surface area (Å²) in [6, 6.07) is 7.61. The topological polar surface area (TPSA) is 84.0 Å². The van der Waals surface area contributed by atoms with Gasteiger partial charge in [-0.2, -0.15) is 0 Å². The highest BCUT2D eigenvalue weighted by atomic mass is 16.2. The van der Waals surface area contributed by atoms with E-state index >= 15 is 0 Å². The highest BCUT2D eigenvalue weighted by Crippen LogP contribution is 2.28. The number of carbonyl (C=O) groups is 2. The van der Waals surface area contributed by atoms with Crippen LogP contribution in [0.4, 0.5) is 5.82 Å². The van der Waals surface area contributed by atoms with E-state index in [0.29, 0.717) is 17.1 Å². The Morgan fingerprint density at radius 3 is 2.43 bits per heavy atom. The summed E-state index contributed by atoms with van der Waals surface area (Å²) in [5, 5.41) is 7.16. The van der Waals surface area contributed by atoms with Crippen LogP contribution in [0.1, 0.15) is 59.8 Å². The summed E-state index contributed by atoms with van der Waals surface area (Å²) >= 11 is 0. The molecule has 2 aromatic rings. The zero-order valence-electron chi connectivity index (χ0n) is 18.2. The Bertz CT molecular complexity index is 1010. The Labute approximate surface area is 177 Å². The Morgan fingerprint density at radius 2 is 1.73 bits per heavy atom. The molecule has 158 valence electrons. The van der Waals surface area contributed by atoms with Crippen molar-refractivity contribution < 1.29 is 9.59 Å². The lowest BCUT2D eigenvalue weighted by molar-refractivity contribution is -0.119. The van der Waals surface area contributed by atoms with Crippen molar-refractivity contribution in [2.24, 2.45) is 0 Å². The first-order valence-corrected chi connectivity index (χ1v) is 10.5. The summed E-state index contributed by atoms with van der Waals surface area (Å²) < 4.78 is 0. The normalized spacial score (nSPS) is 17.3. The van der Waals surface area contributed by atoms with E-state index in [1.54, 1.807) is 13.0 Å². The van der Waals surface area contributed by atoms with E-state index in [0.717, 1.165) is 42.2 Å². The Hall–Kier alpha value is -3.02. The number of nitrogens with one attached hydrogen (secondary N) is 2. The van der Waals surface area contributed by atoms with Crippen LogP contribution in [0.5, 0.6) is 0 Å². The van der Waals surface area contributed by atoms with Crippen LogP contribution in [-0.4, -0.2) is 27.2 Å². The molecule has 1 aliphatic rings. The molecule has 1 aromatic carbocycles. The van der Waals surface area contributed by atoms with Gasteiger partial charge < -0.3 is 10.6 Å². The fraction of sp³-hybridized carbons (Fsp3) is 0.417. The average molecular weight is 407 g/mol. The molecule has 1 heterocycles. The standard InChI is InChI=1S/C24H30N4O2/c1-16(17(2)23(30)28-24(4)12-8-5-9-13-24)14-21(18(3)29)27-22-19-10-6-7-11-20(19)25-15-26-22/h6-7,10-11,14-15H,5,8-9,12-13H2,1-4H3,(H,28,30)(H,25,26,27)/b17-16+,21-14+. The SMILES string of the molecule is CC(=O)/C(=C\C(C)=C(/C)C(=O)NC1(C)CCCCC1)Nc1ncnc2ccccc12. The number of amides is 1. The van der Waals surface area contributed by atoms with E-state index in [9.17, 15) is 9.59 Å². The third-order valence-corrected chi connectivity index (χ3v) is 5.84. The molecule has 0 radical (unpaired) electrons. The minimum atomic E-state index is -0.151. The number of ketones is 1. The monoisotopic (exact) mass is 406 g/mol. The van der Waals surface area contributed by atoms with Crippen molar-refractivity contribution in [3.05, 3.63) is 53.5 Å². The minimum Gasteiger partial charge on any atom is -0.347 e. The summed E-state index contributed by atoms with van der Waals surface area (Å²) in [7, 11) is 0. The van der Waals surface area contributed by atoms with Gasteiger partial charge in [0.1, 0.15) is 12.1 Å². The Kier molecular flexibility index (Phi) is 6.65. The zero-order valence-corrected chi connectivity index (χ0v) is 18.2. The highest BCUT2D eigenvalue weighted by molar-refractivity contribution is 6.00. The van der Waals surface area contributed by atoms with Crippen LogP contribution in [0.25, 0.3) is 10.9 Å². The molecule has 1 aromatic heterocycles. The van der Waals surface area contributed by atoms with Crippen LogP contribution in [0.3, 0.4) is 0 Å². The number of hydrogen-bond acceptors (Lipinski definition) is 5. The van der Waals surface area contributed by atoms with Crippen molar-refractivity contribution in [2.75, 3.05) is 5.32 Å². The van der Waals surface area contributed by atoms with Gasteiger partial charge in [0, 0.05) is 23.4 Å². The maximum absolute atomic E-state index is 12.8. The summed E-state index contributed by atoms with van der Waals surface area (Å²) in [4.78, 5) is 33.6. The second kappa shape index (κ2) is 9.20. The van der Waals surface area contributed by atoms with E-state index in [-0.39, 0.29) is 17.2 Å². The van der Waals surface area contributed by atoms with Gasteiger partial charge in [0.05, 0.1) is 11.2 Å². The zero-order chi connectivity index (χ0) is 21.7. The molecule has 0 spiro atoms. The number of anilines is 1. The lowest BCUT2D eigenvalue weighted by Crippen LogP contribution is -2.47. The Balaban J connectivity index is 1.84. The van der Waals surface area contributed by atoms with Crippen LogP contribution in [0.2, 0.25) is 0 Å². The summed E-state index contributed by atoms with van der Waals surface area (Å²) in [6.07, 6.45) is 8.71. The molecule has 1 saturated carbocycles. The molecular weight excluding hydrogens is 376 g/mol. The minimum absolute atomic E-state index is 0.0801. The number of allylic oxidation sites excluding steroid dienone is 3. The van der Waals surface area contributed by atoms with Gasteiger partial charge >= 0.3 is 0 Å². The summed E-state index contributed by atoms with van der Waals surface area (Å²) in [5.74, 6) is 0.347. The molecule has 0 bridgehead atoms. The van der Waals surface area contributed by atoms with Gasteiger partial charge in [-0.25, -0.2) is 9.97 Å². The van der Waals surface area contributed by atoms with E-state index in [1.807, 2.05) is 31.2 Å². The predicted molar refractivity (Wildman–Crippen MR) is 120 cm³/mol. The number of nitrogens with zero attached hydrogens (tertiary/aromatic N) is 2. The second-order valence-electron chi connectivity index (χ2n) is 8.36. The molecule has 0 aliphatic heterocycles. The first-order valence-electron chi connectivity index (χ1n) is 10.5. The maximum atomic E-state index is 12.8. The molecular formula is C24H30N4O2. The van der Waals surface area contributed by atoms with Crippen molar-refractivity contribution in [1.29, 1.82) is 0 Å². The number of para-hydroxylation sites is 1. The molecule has 0 atom stereocenters. The lowest BCUT2D eigenvalue weighted by Gasteiger charge is -2.34. The molecule has 30 heavy (non-hydrogen) atoms. The quantitative estimate of drug-likeness (QED) is 0.537. The van der Waals surface area contributed by atoms with Gasteiger partial charge in [-0.1, -0.05) is 31.4 Å². The second-order valence-corrected chi connectivity index (χ2v) is 8.36. The lowest BCUT2D eigenvalue weighted by atomic mass is 9.83. The number of rotatable bonds is 6. The van der Waals surface area contributed by atoms with Crippen molar-refractivity contribution in [3.8, 4) is 0 Å². The largest absolute Gasteiger partial charge is 0.347 e. The highest BCUT2D eigenvalue weighted by Gasteiger charge is 2.28. The first-order chi connectivity index (χ1) is 14.3. The molecule has 6 heteroatoms. The van der Waals surface area contributed by atoms with Gasteiger partial charge in [0.2, 0.25) is 5.91 Å². The molecule has 0 unspecified atom stereocenters. The molecule has 0 saturated heterocycles. The molecule has 2 N–H and O–H groups in total. The van der Waals surface area contributed by atoms with Crippen molar-refractivity contribution in [1.82, 2.24) is 15.3 Å². The van der Waals surface area contributed by atoms with Gasteiger partial charge in [-0.3, -0.25) is 9.59 Å². The van der Waals surface area contributed by atoms with Crippen LogP contribution >= 0.6 is 0 Å². The smallest absolute Gasteiger partial charge is 0.247 e. The van der Waals surface area contributed by atoms with E-state index in [1.165, 1.54) is 19.7 Å². The molecule has 3 rings (SSSR count). The number of fused-ring (bicyclic) bond motifs is 1. The van der Waals surface area contributed by atoms with Gasteiger partial charge in [-0.05, 0) is 57.4 Å².